The molecule has 1 heterocycles. The number of aromatic nitrogens is 2. The number of carbonyl (C=O) groups is 1. The number of amides is 1. The van der Waals surface area contributed by atoms with E-state index in [0.29, 0.717) is 17.2 Å². The quantitative estimate of drug-likeness (QED) is 0.441. The maximum absolute atomic E-state index is 12.6. The normalized spacial score (nSPS) is 11.1. The van der Waals surface area contributed by atoms with Gasteiger partial charge in [-0.2, -0.15) is 0 Å². The number of benzene rings is 2. The van der Waals surface area contributed by atoms with Crippen LogP contribution in [0.4, 0.5) is 17.2 Å². The molecule has 0 aliphatic heterocycles. The first kappa shape index (κ1) is 21.8. The molecule has 0 radical (unpaired) electrons. The van der Waals surface area contributed by atoms with Crippen LogP contribution in [0.1, 0.15) is 27.4 Å². The van der Waals surface area contributed by atoms with E-state index in [9.17, 15) is 23.3 Å². The van der Waals surface area contributed by atoms with Gasteiger partial charge in [-0.1, -0.05) is 6.07 Å². The number of sulfonamides is 1. The van der Waals surface area contributed by atoms with Gasteiger partial charge in [0.25, 0.3) is 21.6 Å². The van der Waals surface area contributed by atoms with Crippen LogP contribution in [-0.4, -0.2) is 29.2 Å². The highest BCUT2D eigenvalue weighted by Gasteiger charge is 2.19. The number of carbonyl (C=O) groups excluding carboxylic acids is 1. The van der Waals surface area contributed by atoms with E-state index in [1.54, 1.807) is 13.8 Å². The van der Waals surface area contributed by atoms with Crippen LogP contribution in [0.5, 0.6) is 0 Å². The fourth-order valence-corrected chi connectivity index (χ4v) is 3.94. The number of nitro groups is 1. The van der Waals surface area contributed by atoms with Crippen molar-refractivity contribution in [3.8, 4) is 0 Å². The lowest BCUT2D eigenvalue weighted by molar-refractivity contribution is -0.385. The van der Waals surface area contributed by atoms with Crippen molar-refractivity contribution in [1.29, 1.82) is 0 Å². The first-order valence-electron chi connectivity index (χ1n) is 9.07. The maximum Gasteiger partial charge on any atom is 0.273 e. The molecule has 31 heavy (non-hydrogen) atoms. The average molecular weight is 441 g/mol. The van der Waals surface area contributed by atoms with E-state index in [0.717, 1.165) is 0 Å². The van der Waals surface area contributed by atoms with E-state index < -0.39 is 20.9 Å². The summed E-state index contributed by atoms with van der Waals surface area (Å²) in [6, 6.07) is 11.3. The number of aryl methyl sites for hydroxylation is 2. The van der Waals surface area contributed by atoms with Gasteiger partial charge in [-0.3, -0.25) is 19.6 Å². The Kier molecular flexibility index (Phi) is 5.97. The average Bonchev–Trinajstić information content (AvgIpc) is 2.67. The second-order valence-corrected chi connectivity index (χ2v) is 8.41. The third kappa shape index (κ3) is 5.01. The van der Waals surface area contributed by atoms with E-state index in [1.165, 1.54) is 55.5 Å². The zero-order valence-corrected chi connectivity index (χ0v) is 17.7. The second kappa shape index (κ2) is 8.48. The van der Waals surface area contributed by atoms with Gasteiger partial charge in [0.15, 0.2) is 0 Å². The van der Waals surface area contributed by atoms with E-state index in [1.807, 2.05) is 0 Å². The van der Waals surface area contributed by atoms with Crippen LogP contribution < -0.4 is 10.0 Å². The summed E-state index contributed by atoms with van der Waals surface area (Å²) in [6.07, 6.45) is 0. The molecular formula is C20H19N5O5S. The molecule has 0 atom stereocenters. The molecule has 2 N–H and O–H groups in total. The maximum atomic E-state index is 12.6. The summed E-state index contributed by atoms with van der Waals surface area (Å²) in [5.41, 5.74) is 1.20. The fraction of sp³-hybridized carbons (Fsp3) is 0.150. The Hall–Kier alpha value is -3.86. The van der Waals surface area contributed by atoms with Crippen LogP contribution in [0.25, 0.3) is 0 Å². The lowest BCUT2D eigenvalue weighted by Crippen LogP contribution is -2.16. The molecule has 0 unspecified atom stereocenters. The summed E-state index contributed by atoms with van der Waals surface area (Å²) in [5.74, 6) is 0.0533. The number of anilines is 2. The topological polar surface area (TPSA) is 144 Å². The summed E-state index contributed by atoms with van der Waals surface area (Å²) in [7, 11) is -3.89. The van der Waals surface area contributed by atoms with Crippen molar-refractivity contribution in [3.63, 3.8) is 0 Å². The van der Waals surface area contributed by atoms with Crippen LogP contribution in [0.15, 0.2) is 53.4 Å². The van der Waals surface area contributed by atoms with Crippen molar-refractivity contribution in [2.45, 2.75) is 25.7 Å². The molecule has 3 rings (SSSR count). The van der Waals surface area contributed by atoms with E-state index in [-0.39, 0.29) is 27.5 Å². The van der Waals surface area contributed by atoms with Crippen LogP contribution in [0, 0.1) is 30.9 Å². The Balaban J connectivity index is 1.78. The van der Waals surface area contributed by atoms with Gasteiger partial charge in [0, 0.05) is 34.6 Å². The number of nitro benzene ring substituents is 1. The first-order chi connectivity index (χ1) is 14.6. The molecule has 160 valence electrons. The Morgan fingerprint density at radius 2 is 1.71 bits per heavy atom. The summed E-state index contributed by atoms with van der Waals surface area (Å²) in [5, 5.41) is 13.7. The number of hydrogen-bond acceptors (Lipinski definition) is 7. The van der Waals surface area contributed by atoms with Gasteiger partial charge < -0.3 is 5.32 Å². The second-order valence-electron chi connectivity index (χ2n) is 6.73. The van der Waals surface area contributed by atoms with Crippen molar-refractivity contribution in [2.75, 3.05) is 10.0 Å². The van der Waals surface area contributed by atoms with Gasteiger partial charge in [0.2, 0.25) is 0 Å². The van der Waals surface area contributed by atoms with Gasteiger partial charge in [0.05, 0.1) is 9.82 Å². The Morgan fingerprint density at radius 3 is 2.32 bits per heavy atom. The highest BCUT2D eigenvalue weighted by Crippen LogP contribution is 2.23. The lowest BCUT2D eigenvalue weighted by Gasteiger charge is -2.10. The summed E-state index contributed by atoms with van der Waals surface area (Å²) in [4.78, 5) is 31.2. The van der Waals surface area contributed by atoms with Crippen molar-refractivity contribution < 1.29 is 18.1 Å². The molecule has 11 heteroatoms. The van der Waals surface area contributed by atoms with Crippen molar-refractivity contribution in [2.24, 2.45) is 0 Å². The molecule has 0 saturated carbocycles. The molecule has 0 saturated heterocycles. The molecule has 0 spiro atoms. The molecule has 2 aromatic carbocycles. The van der Waals surface area contributed by atoms with Crippen LogP contribution >= 0.6 is 0 Å². The minimum absolute atomic E-state index is 0.0223. The molecule has 1 amide bonds. The molecule has 10 nitrogen and oxygen atoms in total. The highest BCUT2D eigenvalue weighted by atomic mass is 32.2. The number of hydrogen-bond donors (Lipinski definition) is 2. The van der Waals surface area contributed by atoms with Crippen molar-refractivity contribution in [3.05, 3.63) is 81.3 Å². The minimum atomic E-state index is -3.89. The molecule has 0 fully saturated rings. The van der Waals surface area contributed by atoms with E-state index in [2.05, 4.69) is 20.0 Å². The number of nitrogens with zero attached hydrogens (tertiary/aromatic N) is 3. The van der Waals surface area contributed by atoms with Crippen molar-refractivity contribution >= 4 is 33.1 Å². The third-order valence-corrected chi connectivity index (χ3v) is 5.74. The van der Waals surface area contributed by atoms with Gasteiger partial charge >= 0.3 is 0 Å². The summed E-state index contributed by atoms with van der Waals surface area (Å²) < 4.78 is 27.6. The Bertz CT molecular complexity index is 1250. The molecule has 3 aromatic rings. The number of nitrogens with one attached hydrogen (secondary N) is 2. The summed E-state index contributed by atoms with van der Waals surface area (Å²) in [6.45, 7) is 4.88. The van der Waals surface area contributed by atoms with Crippen LogP contribution in [0.2, 0.25) is 0 Å². The minimum Gasteiger partial charge on any atom is -0.322 e. The molecular weight excluding hydrogens is 422 g/mol. The first-order valence-corrected chi connectivity index (χ1v) is 10.6. The molecule has 0 aliphatic rings. The Morgan fingerprint density at radius 1 is 1.03 bits per heavy atom. The molecule has 0 bridgehead atoms. The molecule has 0 aliphatic carbocycles. The van der Waals surface area contributed by atoms with Crippen molar-refractivity contribution in [1.82, 2.24) is 9.97 Å². The van der Waals surface area contributed by atoms with Gasteiger partial charge in [0.1, 0.15) is 11.6 Å². The van der Waals surface area contributed by atoms with E-state index >= 15 is 0 Å². The van der Waals surface area contributed by atoms with Gasteiger partial charge in [-0.05, 0) is 51.1 Å². The van der Waals surface area contributed by atoms with Gasteiger partial charge in [-0.25, -0.2) is 18.4 Å². The lowest BCUT2D eigenvalue weighted by atomic mass is 10.1. The van der Waals surface area contributed by atoms with Gasteiger partial charge in [-0.15, -0.1) is 0 Å². The van der Waals surface area contributed by atoms with E-state index in [4.69, 9.17) is 0 Å². The highest BCUT2D eigenvalue weighted by molar-refractivity contribution is 7.92. The standard InChI is InChI=1S/C20H19N5O5S/c1-12-11-19(22-14(3)21-12)24-31(29,30)16-9-7-15(8-10-16)23-20(26)17-5-4-6-18(13(17)2)25(27)28/h4-11H,1-3H3,(H,23,26)(H,21,22,24). The zero-order valence-electron chi connectivity index (χ0n) is 16.9. The van der Waals surface area contributed by atoms with Crippen LogP contribution in [0.3, 0.4) is 0 Å². The summed E-state index contributed by atoms with van der Waals surface area (Å²) >= 11 is 0. The predicted molar refractivity (Wildman–Crippen MR) is 115 cm³/mol. The number of rotatable bonds is 6. The third-order valence-electron chi connectivity index (χ3n) is 4.37. The smallest absolute Gasteiger partial charge is 0.273 e. The zero-order chi connectivity index (χ0) is 22.8. The monoisotopic (exact) mass is 441 g/mol. The molecule has 1 aromatic heterocycles. The van der Waals surface area contributed by atoms with Crippen LogP contribution in [-0.2, 0) is 10.0 Å². The fourth-order valence-electron chi connectivity index (χ4n) is 2.95. The Labute approximate surface area is 178 Å². The predicted octanol–water partition coefficient (Wildman–Crippen LogP) is 3.36. The SMILES string of the molecule is Cc1cc(NS(=O)(=O)c2ccc(NC(=O)c3cccc([N+](=O)[O-])c3C)cc2)nc(C)n1. The largest absolute Gasteiger partial charge is 0.322 e.